The topological polar surface area (TPSA) is 79.4 Å². The lowest BCUT2D eigenvalue weighted by Crippen LogP contribution is -2.42. The van der Waals surface area contributed by atoms with Gasteiger partial charge in [0.15, 0.2) is 5.13 Å². The molecule has 0 aliphatic carbocycles. The molecule has 3 rings (SSSR count). The van der Waals surface area contributed by atoms with Gasteiger partial charge < -0.3 is 5.32 Å². The highest BCUT2D eigenvalue weighted by Gasteiger charge is 2.36. The van der Waals surface area contributed by atoms with E-state index in [9.17, 15) is 13.2 Å². The van der Waals surface area contributed by atoms with Crippen molar-refractivity contribution in [2.45, 2.75) is 18.9 Å². The number of amides is 1. The number of anilines is 1. The first-order chi connectivity index (χ1) is 10.9. The number of aromatic nitrogens is 1. The van der Waals surface area contributed by atoms with Gasteiger partial charge in [-0.1, -0.05) is 30.3 Å². The van der Waals surface area contributed by atoms with Crippen LogP contribution in [0.2, 0.25) is 0 Å². The van der Waals surface area contributed by atoms with Crippen molar-refractivity contribution in [3.05, 3.63) is 35.7 Å². The number of nitrogens with zero attached hydrogens (tertiary/aromatic N) is 2. The summed E-state index contributed by atoms with van der Waals surface area (Å²) in [5.74, 6) is -0.318. The second kappa shape index (κ2) is 6.38. The van der Waals surface area contributed by atoms with Crippen LogP contribution in [0.1, 0.15) is 12.8 Å². The van der Waals surface area contributed by atoms with Crippen LogP contribution in [0.25, 0.3) is 11.3 Å². The molecule has 1 aromatic heterocycles. The maximum absolute atomic E-state index is 12.4. The maximum atomic E-state index is 12.4. The summed E-state index contributed by atoms with van der Waals surface area (Å²) in [5.41, 5.74) is 1.76. The molecule has 0 radical (unpaired) electrons. The smallest absolute Gasteiger partial charge is 0.244 e. The van der Waals surface area contributed by atoms with Crippen LogP contribution in [-0.4, -0.2) is 42.5 Å². The molecule has 1 atom stereocenters. The summed E-state index contributed by atoms with van der Waals surface area (Å²) in [6.45, 7) is 0.393. The normalized spacial score (nSPS) is 18.9. The van der Waals surface area contributed by atoms with Crippen LogP contribution in [0.5, 0.6) is 0 Å². The zero-order chi connectivity index (χ0) is 16.4. The van der Waals surface area contributed by atoms with Gasteiger partial charge in [0, 0.05) is 17.5 Å². The van der Waals surface area contributed by atoms with E-state index in [0.29, 0.717) is 24.5 Å². The molecule has 0 spiro atoms. The first-order valence-electron chi connectivity index (χ1n) is 7.24. The highest BCUT2D eigenvalue weighted by atomic mass is 32.2. The molecule has 1 aliphatic rings. The third-order valence-electron chi connectivity index (χ3n) is 3.74. The van der Waals surface area contributed by atoms with Gasteiger partial charge in [-0.05, 0) is 12.8 Å². The number of hydrogen-bond donors (Lipinski definition) is 1. The Balaban J connectivity index is 1.73. The SMILES string of the molecule is CS(=O)(=O)N1CCCC1C(=O)Nc1nc(-c2ccccc2)cs1. The van der Waals surface area contributed by atoms with E-state index in [-0.39, 0.29) is 5.91 Å². The third kappa shape index (κ3) is 3.60. The fourth-order valence-electron chi connectivity index (χ4n) is 2.66. The Morgan fingerprint density at radius 2 is 2.09 bits per heavy atom. The molecule has 1 aromatic carbocycles. The molecule has 8 heteroatoms. The molecule has 2 aromatic rings. The van der Waals surface area contributed by atoms with Crippen LogP contribution < -0.4 is 5.32 Å². The van der Waals surface area contributed by atoms with Gasteiger partial charge in [-0.2, -0.15) is 4.31 Å². The summed E-state index contributed by atoms with van der Waals surface area (Å²) in [6, 6.07) is 9.03. The minimum Gasteiger partial charge on any atom is -0.301 e. The maximum Gasteiger partial charge on any atom is 0.244 e. The summed E-state index contributed by atoms with van der Waals surface area (Å²) < 4.78 is 24.7. The number of rotatable bonds is 4. The van der Waals surface area contributed by atoms with Gasteiger partial charge in [-0.25, -0.2) is 13.4 Å². The van der Waals surface area contributed by atoms with Crippen molar-refractivity contribution in [3.8, 4) is 11.3 Å². The second-order valence-electron chi connectivity index (χ2n) is 5.42. The molecule has 1 aliphatic heterocycles. The highest BCUT2D eigenvalue weighted by molar-refractivity contribution is 7.88. The van der Waals surface area contributed by atoms with E-state index < -0.39 is 16.1 Å². The van der Waals surface area contributed by atoms with Crippen LogP contribution in [-0.2, 0) is 14.8 Å². The Morgan fingerprint density at radius 3 is 2.78 bits per heavy atom. The number of carbonyl (C=O) groups is 1. The molecular formula is C15H17N3O3S2. The van der Waals surface area contributed by atoms with Crippen molar-refractivity contribution in [1.29, 1.82) is 0 Å². The Labute approximate surface area is 139 Å². The molecule has 1 fully saturated rings. The zero-order valence-corrected chi connectivity index (χ0v) is 14.2. The predicted octanol–water partition coefficient (Wildman–Crippen LogP) is 2.17. The molecule has 6 nitrogen and oxygen atoms in total. The van der Waals surface area contributed by atoms with Crippen molar-refractivity contribution in [3.63, 3.8) is 0 Å². The van der Waals surface area contributed by atoms with Gasteiger partial charge in [0.1, 0.15) is 6.04 Å². The average Bonchev–Trinajstić information content (AvgIpc) is 3.16. The Kier molecular flexibility index (Phi) is 4.47. The van der Waals surface area contributed by atoms with E-state index in [4.69, 9.17) is 0 Å². The van der Waals surface area contributed by atoms with Gasteiger partial charge >= 0.3 is 0 Å². The lowest BCUT2D eigenvalue weighted by molar-refractivity contribution is -0.119. The Bertz CT molecular complexity index is 802. The quantitative estimate of drug-likeness (QED) is 0.915. The van der Waals surface area contributed by atoms with E-state index in [1.165, 1.54) is 15.6 Å². The second-order valence-corrected chi connectivity index (χ2v) is 8.22. The molecule has 2 heterocycles. The van der Waals surface area contributed by atoms with Gasteiger partial charge in [-0.3, -0.25) is 4.79 Å². The van der Waals surface area contributed by atoms with Gasteiger partial charge in [-0.15, -0.1) is 11.3 Å². The number of hydrogen-bond acceptors (Lipinski definition) is 5. The summed E-state index contributed by atoms with van der Waals surface area (Å²) >= 11 is 1.33. The Morgan fingerprint density at radius 1 is 1.35 bits per heavy atom. The van der Waals surface area contributed by atoms with Gasteiger partial charge in [0.2, 0.25) is 15.9 Å². The third-order valence-corrected chi connectivity index (χ3v) is 5.78. The molecule has 122 valence electrons. The van der Waals surface area contributed by atoms with E-state index in [0.717, 1.165) is 17.5 Å². The first kappa shape index (κ1) is 16.1. The Hall–Kier alpha value is -1.77. The zero-order valence-electron chi connectivity index (χ0n) is 12.6. The molecule has 1 N–H and O–H groups in total. The van der Waals surface area contributed by atoms with Crippen molar-refractivity contribution < 1.29 is 13.2 Å². The fraction of sp³-hybridized carbons (Fsp3) is 0.333. The van der Waals surface area contributed by atoms with E-state index in [2.05, 4.69) is 10.3 Å². The van der Waals surface area contributed by atoms with Crippen molar-refractivity contribution in [2.24, 2.45) is 0 Å². The van der Waals surface area contributed by atoms with Crippen molar-refractivity contribution in [1.82, 2.24) is 9.29 Å². The molecule has 0 saturated carbocycles. The lowest BCUT2D eigenvalue weighted by atomic mass is 10.2. The molecule has 0 bridgehead atoms. The number of thiazole rings is 1. The van der Waals surface area contributed by atoms with Gasteiger partial charge in [0.25, 0.3) is 0 Å². The van der Waals surface area contributed by atoms with Crippen molar-refractivity contribution >= 4 is 32.4 Å². The largest absolute Gasteiger partial charge is 0.301 e. The predicted molar refractivity (Wildman–Crippen MR) is 90.8 cm³/mol. The minimum atomic E-state index is -3.37. The van der Waals surface area contributed by atoms with E-state index >= 15 is 0 Å². The molecule has 23 heavy (non-hydrogen) atoms. The number of benzene rings is 1. The molecule has 1 unspecified atom stereocenters. The highest BCUT2D eigenvalue weighted by Crippen LogP contribution is 2.26. The lowest BCUT2D eigenvalue weighted by Gasteiger charge is -2.20. The molecule has 1 amide bonds. The van der Waals surface area contributed by atoms with Crippen LogP contribution in [0.3, 0.4) is 0 Å². The van der Waals surface area contributed by atoms with Crippen LogP contribution in [0.4, 0.5) is 5.13 Å². The van der Waals surface area contributed by atoms with E-state index in [1.54, 1.807) is 0 Å². The fourth-order valence-corrected chi connectivity index (χ4v) is 4.51. The number of sulfonamides is 1. The first-order valence-corrected chi connectivity index (χ1v) is 9.96. The summed E-state index contributed by atoms with van der Waals surface area (Å²) in [5, 5.41) is 5.09. The van der Waals surface area contributed by atoms with Crippen LogP contribution in [0.15, 0.2) is 35.7 Å². The monoisotopic (exact) mass is 351 g/mol. The summed E-state index contributed by atoms with van der Waals surface area (Å²) in [6.07, 6.45) is 2.36. The minimum absolute atomic E-state index is 0.318. The van der Waals surface area contributed by atoms with E-state index in [1.807, 2.05) is 35.7 Å². The van der Waals surface area contributed by atoms with Crippen LogP contribution in [0, 0.1) is 0 Å². The van der Waals surface area contributed by atoms with Crippen molar-refractivity contribution in [2.75, 3.05) is 18.1 Å². The molecular weight excluding hydrogens is 334 g/mol. The van der Waals surface area contributed by atoms with Gasteiger partial charge in [0.05, 0.1) is 11.9 Å². The summed E-state index contributed by atoms with van der Waals surface area (Å²) in [4.78, 5) is 16.8. The number of carbonyl (C=O) groups excluding carboxylic acids is 1. The summed E-state index contributed by atoms with van der Waals surface area (Å²) in [7, 11) is -3.37. The van der Waals surface area contributed by atoms with Crippen LogP contribution >= 0.6 is 11.3 Å². The number of nitrogens with one attached hydrogen (secondary N) is 1. The standard InChI is InChI=1S/C15H17N3O3S2/c1-23(20,21)18-9-5-8-13(18)14(19)17-15-16-12(10-22-15)11-6-3-2-4-7-11/h2-4,6-7,10,13H,5,8-9H2,1H3,(H,16,17,19). The average molecular weight is 351 g/mol. The molecule has 1 saturated heterocycles.